The highest BCUT2D eigenvalue weighted by Crippen LogP contribution is 2.28. The molecule has 0 aliphatic carbocycles. The Hall–Kier alpha value is -0.590. The molecule has 0 bridgehead atoms. The molecule has 0 fully saturated rings. The third-order valence-electron chi connectivity index (χ3n) is 2.83. The molecule has 1 aromatic heterocycles. The van der Waals surface area contributed by atoms with Gasteiger partial charge in [0, 0.05) is 21.8 Å². The highest BCUT2D eigenvalue weighted by Gasteiger charge is 2.18. The summed E-state index contributed by atoms with van der Waals surface area (Å²) in [5, 5.41) is 8.48. The third kappa shape index (κ3) is 2.87. The lowest BCUT2D eigenvalue weighted by Crippen LogP contribution is -2.25. The molecule has 5 heteroatoms. The van der Waals surface area contributed by atoms with Crippen molar-refractivity contribution in [3.8, 4) is 0 Å². The maximum Gasteiger partial charge on any atom is 0.0758 e. The Bertz CT molecular complexity index is 539. The Morgan fingerprint density at radius 2 is 2.22 bits per heavy atom. The van der Waals surface area contributed by atoms with Crippen molar-refractivity contribution in [3.05, 3.63) is 50.3 Å². The van der Waals surface area contributed by atoms with E-state index in [9.17, 15) is 0 Å². The molecular weight excluding hydrogens is 361 g/mol. The zero-order chi connectivity index (χ0) is 13.1. The molecule has 2 rings (SSSR count). The lowest BCUT2D eigenvalue weighted by Gasteiger charge is -2.20. The number of halogens is 2. The van der Waals surface area contributed by atoms with Crippen LogP contribution in [0.4, 0.5) is 0 Å². The van der Waals surface area contributed by atoms with E-state index >= 15 is 0 Å². The van der Waals surface area contributed by atoms with Crippen LogP contribution in [-0.4, -0.2) is 16.3 Å². The zero-order valence-electron chi connectivity index (χ0n) is 10.3. The van der Waals surface area contributed by atoms with Gasteiger partial charge >= 0.3 is 0 Å². The Morgan fingerprint density at radius 1 is 1.44 bits per heavy atom. The summed E-state index contributed by atoms with van der Waals surface area (Å²) in [6.45, 7) is 2.99. The van der Waals surface area contributed by atoms with E-state index in [2.05, 4.69) is 39.9 Å². The van der Waals surface area contributed by atoms with Gasteiger partial charge in [0.15, 0.2) is 0 Å². The van der Waals surface area contributed by atoms with Crippen molar-refractivity contribution >= 4 is 34.2 Å². The average Bonchev–Trinajstić information content (AvgIpc) is 2.76. The van der Waals surface area contributed by atoms with E-state index in [1.54, 1.807) is 0 Å². The summed E-state index contributed by atoms with van der Waals surface area (Å²) in [4.78, 5) is 0. The van der Waals surface area contributed by atoms with Gasteiger partial charge in [0.05, 0.1) is 11.7 Å². The van der Waals surface area contributed by atoms with Crippen LogP contribution >= 0.6 is 34.2 Å². The van der Waals surface area contributed by atoms with Crippen molar-refractivity contribution in [1.82, 2.24) is 15.1 Å². The van der Waals surface area contributed by atoms with Crippen molar-refractivity contribution in [3.63, 3.8) is 0 Å². The number of hydrogen-bond donors (Lipinski definition) is 1. The lowest BCUT2D eigenvalue weighted by atomic mass is 10.0. The van der Waals surface area contributed by atoms with Crippen LogP contribution in [0.15, 0.2) is 30.5 Å². The van der Waals surface area contributed by atoms with Crippen molar-refractivity contribution in [1.29, 1.82) is 0 Å². The fourth-order valence-electron chi connectivity index (χ4n) is 1.98. The van der Waals surface area contributed by atoms with Crippen molar-refractivity contribution in [2.75, 3.05) is 6.54 Å². The minimum atomic E-state index is 0.119. The van der Waals surface area contributed by atoms with Crippen LogP contribution in [0.3, 0.4) is 0 Å². The predicted molar refractivity (Wildman–Crippen MR) is 82.9 cm³/mol. The summed E-state index contributed by atoms with van der Waals surface area (Å²) in [5.74, 6) is 0. The van der Waals surface area contributed by atoms with Gasteiger partial charge in [-0.1, -0.05) is 18.5 Å². The number of benzene rings is 1. The first-order valence-corrected chi connectivity index (χ1v) is 7.25. The number of nitrogens with one attached hydrogen (secondary N) is 1. The molecule has 18 heavy (non-hydrogen) atoms. The van der Waals surface area contributed by atoms with Crippen LogP contribution in [0.2, 0.25) is 5.02 Å². The molecule has 1 atom stereocenters. The topological polar surface area (TPSA) is 29.9 Å². The number of aryl methyl sites for hydroxylation is 1. The average molecular weight is 376 g/mol. The maximum atomic E-state index is 6.11. The number of aromatic nitrogens is 2. The van der Waals surface area contributed by atoms with E-state index < -0.39 is 0 Å². The van der Waals surface area contributed by atoms with Crippen molar-refractivity contribution in [2.45, 2.75) is 13.0 Å². The first-order valence-electron chi connectivity index (χ1n) is 5.79. The SMILES string of the molecule is CCNC(c1cc(Cl)ccc1I)c1ccnn1C. The van der Waals surface area contributed by atoms with Gasteiger partial charge in [-0.3, -0.25) is 4.68 Å². The molecule has 0 radical (unpaired) electrons. The zero-order valence-corrected chi connectivity index (χ0v) is 13.2. The van der Waals surface area contributed by atoms with Crippen LogP contribution in [-0.2, 0) is 7.05 Å². The monoisotopic (exact) mass is 375 g/mol. The van der Waals surface area contributed by atoms with E-state index in [1.165, 1.54) is 9.13 Å². The normalized spacial score (nSPS) is 12.7. The molecule has 1 aromatic carbocycles. The van der Waals surface area contributed by atoms with E-state index in [0.717, 1.165) is 17.3 Å². The molecule has 0 aliphatic rings. The molecule has 1 unspecified atom stereocenters. The third-order valence-corrected chi connectivity index (χ3v) is 4.05. The second kappa shape index (κ2) is 6.04. The Kier molecular flexibility index (Phi) is 4.64. The molecule has 3 nitrogen and oxygen atoms in total. The second-order valence-electron chi connectivity index (χ2n) is 4.04. The summed E-state index contributed by atoms with van der Waals surface area (Å²) in [6.07, 6.45) is 1.82. The first-order chi connectivity index (χ1) is 8.63. The van der Waals surface area contributed by atoms with E-state index in [4.69, 9.17) is 11.6 Å². The van der Waals surface area contributed by atoms with Crippen LogP contribution in [0.5, 0.6) is 0 Å². The van der Waals surface area contributed by atoms with Crippen molar-refractivity contribution in [2.24, 2.45) is 7.05 Å². The van der Waals surface area contributed by atoms with E-state index in [-0.39, 0.29) is 6.04 Å². The summed E-state index contributed by atoms with van der Waals surface area (Å²) in [6, 6.07) is 8.12. The first kappa shape index (κ1) is 13.8. The van der Waals surface area contributed by atoms with E-state index in [0.29, 0.717) is 0 Å². The minimum absolute atomic E-state index is 0.119. The maximum absolute atomic E-state index is 6.11. The second-order valence-corrected chi connectivity index (χ2v) is 5.63. The van der Waals surface area contributed by atoms with Gasteiger partial charge in [0.25, 0.3) is 0 Å². The molecular formula is C13H15ClIN3. The van der Waals surface area contributed by atoms with E-state index in [1.807, 2.05) is 42.2 Å². The van der Waals surface area contributed by atoms with Crippen molar-refractivity contribution < 1.29 is 0 Å². The highest BCUT2D eigenvalue weighted by atomic mass is 127. The smallest absolute Gasteiger partial charge is 0.0758 e. The van der Waals surface area contributed by atoms with Gasteiger partial charge in [-0.2, -0.15) is 5.10 Å². The van der Waals surface area contributed by atoms with Gasteiger partial charge in [-0.05, 0) is 59.0 Å². The molecule has 0 saturated heterocycles. The van der Waals surface area contributed by atoms with Gasteiger partial charge in [0.2, 0.25) is 0 Å². The van der Waals surface area contributed by atoms with Gasteiger partial charge in [0.1, 0.15) is 0 Å². The quantitative estimate of drug-likeness (QED) is 0.830. The molecule has 2 aromatic rings. The predicted octanol–water partition coefficient (Wildman–Crippen LogP) is 3.38. The number of nitrogens with zero attached hydrogens (tertiary/aromatic N) is 2. The molecule has 0 amide bonds. The van der Waals surface area contributed by atoms with Crippen LogP contribution in [0, 0.1) is 3.57 Å². The Morgan fingerprint density at radius 3 is 2.83 bits per heavy atom. The van der Waals surface area contributed by atoms with Crippen LogP contribution in [0.1, 0.15) is 24.2 Å². The molecule has 0 saturated carbocycles. The number of rotatable bonds is 4. The fraction of sp³-hybridized carbons (Fsp3) is 0.308. The molecule has 0 spiro atoms. The summed E-state index contributed by atoms with van der Waals surface area (Å²) in [7, 11) is 1.96. The standard InChI is InChI=1S/C13H15ClIN3/c1-3-16-13(12-6-7-17-18(12)2)10-8-9(14)4-5-11(10)15/h4-8,13,16H,3H2,1-2H3. The molecule has 1 heterocycles. The minimum Gasteiger partial charge on any atom is -0.305 e. The summed E-state index contributed by atoms with van der Waals surface area (Å²) >= 11 is 8.45. The molecule has 96 valence electrons. The molecule has 1 N–H and O–H groups in total. The van der Waals surface area contributed by atoms with Gasteiger partial charge < -0.3 is 5.32 Å². The molecule has 0 aliphatic heterocycles. The number of hydrogen-bond acceptors (Lipinski definition) is 2. The summed E-state index contributed by atoms with van der Waals surface area (Å²) < 4.78 is 3.09. The lowest BCUT2D eigenvalue weighted by molar-refractivity contribution is 0.571. The Labute approximate surface area is 126 Å². The van der Waals surface area contributed by atoms with Gasteiger partial charge in [-0.15, -0.1) is 0 Å². The van der Waals surface area contributed by atoms with Crippen LogP contribution < -0.4 is 5.32 Å². The summed E-state index contributed by atoms with van der Waals surface area (Å²) in [5.41, 5.74) is 2.32. The highest BCUT2D eigenvalue weighted by molar-refractivity contribution is 14.1. The van der Waals surface area contributed by atoms with Gasteiger partial charge in [-0.25, -0.2) is 0 Å². The fourth-order valence-corrected chi connectivity index (χ4v) is 2.81. The van der Waals surface area contributed by atoms with Crippen LogP contribution in [0.25, 0.3) is 0 Å². The largest absolute Gasteiger partial charge is 0.305 e. The Balaban J connectivity index is 2.48.